The fourth-order valence-electron chi connectivity index (χ4n) is 3.34. The molecule has 0 heterocycles. The molecule has 8 N–H and O–H groups in total. The van der Waals surface area contributed by atoms with Crippen molar-refractivity contribution in [3.8, 4) is 11.5 Å². The first-order valence-corrected chi connectivity index (χ1v) is 12.9. The predicted molar refractivity (Wildman–Crippen MR) is 154 cm³/mol. The number of quaternary nitrogens is 2. The summed E-state index contributed by atoms with van der Waals surface area (Å²) in [6, 6.07) is 24.6. The van der Waals surface area contributed by atoms with Gasteiger partial charge in [-0.05, 0) is 47.5 Å². The quantitative estimate of drug-likeness (QED) is 0.157. The number of para-hydroxylation sites is 2. The standard InChI is InChI=1S/2C8H11NO.2C7H5NO4/c2*9-6-5-7-1-3-8(10)4-2-7;2*9-7(10)5-3-1-2-4-6(5)8(11)12/h2*1-4,10H,5-6,9H2;2*1-4H,(H,9,10). The Morgan fingerprint density at radius 1 is 0.568 bits per heavy atom. The molecule has 0 aliphatic heterocycles. The zero-order valence-electron chi connectivity index (χ0n) is 23.5. The predicted octanol–water partition coefficient (Wildman–Crippen LogP) is 0.270. The van der Waals surface area contributed by atoms with Crippen LogP contribution in [-0.2, 0) is 12.8 Å². The summed E-state index contributed by atoms with van der Waals surface area (Å²) in [7, 11) is 0. The van der Waals surface area contributed by atoms with Crippen LogP contribution in [-0.4, -0.2) is 45.1 Å². The first kappa shape index (κ1) is 36.2. The van der Waals surface area contributed by atoms with Crippen molar-refractivity contribution in [3.05, 3.63) is 140 Å². The number of phenolic OH excluding ortho intramolecular Hbond substituents is 2. The number of aromatic carboxylic acids is 2. The van der Waals surface area contributed by atoms with Gasteiger partial charge in [-0.1, -0.05) is 48.5 Å². The van der Waals surface area contributed by atoms with Gasteiger partial charge in [-0.25, -0.2) is 0 Å². The van der Waals surface area contributed by atoms with Crippen molar-refractivity contribution < 1.29 is 51.3 Å². The molecule has 0 saturated carbocycles. The van der Waals surface area contributed by atoms with Crippen molar-refractivity contribution in [2.75, 3.05) is 13.1 Å². The van der Waals surface area contributed by atoms with Gasteiger partial charge in [0.25, 0.3) is 11.4 Å². The molecule has 232 valence electrons. The molecule has 4 aromatic rings. The summed E-state index contributed by atoms with van der Waals surface area (Å²) in [6.07, 6.45) is 1.97. The molecule has 4 rings (SSSR count). The molecule has 4 aromatic carbocycles. The molecule has 0 unspecified atom stereocenters. The second kappa shape index (κ2) is 19.3. The lowest BCUT2D eigenvalue weighted by molar-refractivity contribution is -0.386. The molecule has 0 aliphatic rings. The molecule has 0 aromatic heterocycles. The van der Waals surface area contributed by atoms with Crippen LogP contribution >= 0.6 is 0 Å². The molecule has 0 saturated heterocycles. The van der Waals surface area contributed by atoms with Crippen molar-refractivity contribution in [1.29, 1.82) is 0 Å². The van der Waals surface area contributed by atoms with Crippen LogP contribution in [0.3, 0.4) is 0 Å². The van der Waals surface area contributed by atoms with Gasteiger partial charge in [0.05, 0.1) is 46.0 Å². The summed E-state index contributed by atoms with van der Waals surface area (Å²) in [6.45, 7) is 1.82. The molecule has 0 atom stereocenters. The van der Waals surface area contributed by atoms with Crippen molar-refractivity contribution in [1.82, 2.24) is 0 Å². The Hall–Kier alpha value is -5.86. The van der Waals surface area contributed by atoms with Crippen LogP contribution in [0.2, 0.25) is 0 Å². The fraction of sp³-hybridized carbons (Fsp3) is 0.133. The zero-order chi connectivity index (χ0) is 33.1. The molecule has 0 bridgehead atoms. The number of phenols is 2. The second-order valence-electron chi connectivity index (χ2n) is 8.66. The summed E-state index contributed by atoms with van der Waals surface area (Å²) >= 11 is 0. The minimum absolute atomic E-state index is 0.327. The highest BCUT2D eigenvalue weighted by molar-refractivity contribution is 5.91. The van der Waals surface area contributed by atoms with E-state index < -0.39 is 44.3 Å². The Kier molecular flexibility index (Phi) is 15.9. The van der Waals surface area contributed by atoms with E-state index in [9.17, 15) is 40.0 Å². The van der Waals surface area contributed by atoms with Crippen molar-refractivity contribution >= 4 is 23.3 Å². The van der Waals surface area contributed by atoms with Crippen molar-refractivity contribution in [3.63, 3.8) is 0 Å². The normalized spacial score (nSPS) is 9.50. The van der Waals surface area contributed by atoms with E-state index in [1.165, 1.54) is 35.4 Å². The van der Waals surface area contributed by atoms with Crippen LogP contribution in [0, 0.1) is 20.2 Å². The van der Waals surface area contributed by atoms with Crippen molar-refractivity contribution in [2.45, 2.75) is 12.8 Å². The van der Waals surface area contributed by atoms with E-state index in [2.05, 4.69) is 11.5 Å². The van der Waals surface area contributed by atoms with Crippen LogP contribution in [0.25, 0.3) is 0 Å². The highest BCUT2D eigenvalue weighted by Gasteiger charge is 2.12. The summed E-state index contributed by atoms with van der Waals surface area (Å²) in [5.74, 6) is -2.43. The van der Waals surface area contributed by atoms with Crippen LogP contribution in [0.5, 0.6) is 11.5 Å². The summed E-state index contributed by atoms with van der Waals surface area (Å²) in [5, 5.41) is 58.9. The Bertz CT molecular complexity index is 1330. The Morgan fingerprint density at radius 2 is 0.864 bits per heavy atom. The molecule has 14 heteroatoms. The van der Waals surface area contributed by atoms with E-state index in [0.717, 1.165) is 50.2 Å². The second-order valence-corrected chi connectivity index (χ2v) is 8.66. The number of benzene rings is 4. The number of rotatable bonds is 8. The molecular formula is C30H32N4O10. The average molecular weight is 609 g/mol. The molecule has 44 heavy (non-hydrogen) atoms. The smallest absolute Gasteiger partial charge is 0.278 e. The lowest BCUT2D eigenvalue weighted by Crippen LogP contribution is -2.51. The maximum Gasteiger partial charge on any atom is 0.278 e. The molecular weight excluding hydrogens is 576 g/mol. The van der Waals surface area contributed by atoms with Gasteiger partial charge < -0.3 is 41.5 Å². The number of hydrogen-bond donors (Lipinski definition) is 4. The molecule has 0 fully saturated rings. The lowest BCUT2D eigenvalue weighted by atomic mass is 10.1. The Balaban J connectivity index is 0.000000294. The van der Waals surface area contributed by atoms with Gasteiger partial charge in [0, 0.05) is 25.0 Å². The van der Waals surface area contributed by atoms with Gasteiger partial charge in [0.1, 0.15) is 11.5 Å². The van der Waals surface area contributed by atoms with E-state index in [4.69, 9.17) is 10.2 Å². The number of hydrogen-bond acceptors (Lipinski definition) is 10. The highest BCUT2D eigenvalue weighted by atomic mass is 16.6. The molecule has 0 spiro atoms. The molecule has 0 radical (unpaired) electrons. The topological polar surface area (TPSA) is 262 Å². The van der Waals surface area contributed by atoms with Crippen LogP contribution < -0.4 is 21.7 Å². The Labute approximate surface area is 251 Å². The zero-order valence-corrected chi connectivity index (χ0v) is 23.5. The van der Waals surface area contributed by atoms with Gasteiger partial charge in [0.2, 0.25) is 0 Å². The highest BCUT2D eigenvalue weighted by Crippen LogP contribution is 2.17. The van der Waals surface area contributed by atoms with E-state index in [-0.39, 0.29) is 0 Å². The largest absolute Gasteiger partial charge is 0.545 e. The lowest BCUT2D eigenvalue weighted by Gasteiger charge is -2.01. The molecule has 0 amide bonds. The van der Waals surface area contributed by atoms with Gasteiger partial charge in [0.15, 0.2) is 0 Å². The average Bonchev–Trinajstić information content (AvgIpc) is 3.00. The van der Waals surface area contributed by atoms with Crippen molar-refractivity contribution in [2.24, 2.45) is 0 Å². The number of carboxylic acids is 2. The number of carbonyl (C=O) groups is 2. The van der Waals surface area contributed by atoms with Gasteiger partial charge in [-0.2, -0.15) is 0 Å². The summed E-state index contributed by atoms with van der Waals surface area (Å²) < 4.78 is 0. The number of carboxylic acid groups (broad SMARTS) is 2. The maximum absolute atomic E-state index is 10.3. The fourth-order valence-corrected chi connectivity index (χ4v) is 3.34. The number of carbonyl (C=O) groups excluding carboxylic acids is 2. The van der Waals surface area contributed by atoms with Crippen LogP contribution in [0.4, 0.5) is 11.4 Å². The Morgan fingerprint density at radius 3 is 1.09 bits per heavy atom. The summed E-state index contributed by atoms with van der Waals surface area (Å²) in [4.78, 5) is 39.6. The van der Waals surface area contributed by atoms with E-state index >= 15 is 0 Å². The summed E-state index contributed by atoms with van der Waals surface area (Å²) in [5.41, 5.74) is 8.25. The minimum Gasteiger partial charge on any atom is -0.545 e. The number of nitro groups is 2. The van der Waals surface area contributed by atoms with E-state index in [1.54, 1.807) is 24.3 Å². The van der Waals surface area contributed by atoms with Gasteiger partial charge >= 0.3 is 0 Å². The minimum atomic E-state index is -1.54. The third kappa shape index (κ3) is 13.2. The van der Waals surface area contributed by atoms with Crippen LogP contribution in [0.1, 0.15) is 31.8 Å². The molecule has 0 aliphatic carbocycles. The first-order valence-electron chi connectivity index (χ1n) is 12.9. The number of aromatic hydroxyl groups is 2. The maximum atomic E-state index is 10.3. The number of nitro benzene ring substituents is 2. The SMILES string of the molecule is O=C([O-])c1ccccc1[N+](=O)[O-].O=C([O-])c1ccccc1[N+](=O)[O-].[NH3+]CCc1ccc(O)cc1.[NH3+]CCc1ccc(O)cc1. The number of nitrogens with zero attached hydrogens (tertiary/aromatic N) is 2. The van der Waals surface area contributed by atoms with E-state index in [0.29, 0.717) is 11.5 Å². The monoisotopic (exact) mass is 608 g/mol. The third-order valence-corrected chi connectivity index (χ3v) is 5.44. The first-order chi connectivity index (χ1) is 20.9. The molecule has 14 nitrogen and oxygen atoms in total. The third-order valence-electron chi connectivity index (χ3n) is 5.44. The van der Waals surface area contributed by atoms with Gasteiger partial charge in [-0.3, -0.25) is 20.2 Å². The van der Waals surface area contributed by atoms with Crippen LogP contribution in [0.15, 0.2) is 97.1 Å². The van der Waals surface area contributed by atoms with Gasteiger partial charge in [-0.15, -0.1) is 0 Å². The van der Waals surface area contributed by atoms with E-state index in [1.807, 2.05) is 24.3 Å².